The Morgan fingerprint density at radius 1 is 1.22 bits per heavy atom. The van der Waals surface area contributed by atoms with E-state index in [9.17, 15) is 0 Å². The first-order valence-electron chi connectivity index (χ1n) is 5.85. The summed E-state index contributed by atoms with van der Waals surface area (Å²) >= 11 is 12.1. The zero-order chi connectivity index (χ0) is 13.5. The lowest BCUT2D eigenvalue weighted by Gasteiger charge is -2.25. The van der Waals surface area contributed by atoms with E-state index in [0.29, 0.717) is 10.0 Å². The maximum absolute atomic E-state index is 6.17. The van der Waals surface area contributed by atoms with Crippen LogP contribution in [0.15, 0.2) is 18.2 Å². The largest absolute Gasteiger partial charge is 0.354 e. The van der Waals surface area contributed by atoms with Gasteiger partial charge in [0.1, 0.15) is 0 Å². The fraction of sp³-hybridized carbons (Fsp3) is 0.538. The van der Waals surface area contributed by atoms with E-state index in [1.165, 1.54) is 0 Å². The van der Waals surface area contributed by atoms with Crippen LogP contribution in [0.2, 0.25) is 10.0 Å². The smallest absolute Gasteiger partial charge is 0.172 e. The van der Waals surface area contributed by atoms with Gasteiger partial charge in [-0.15, -0.1) is 0 Å². The van der Waals surface area contributed by atoms with Gasteiger partial charge in [0.2, 0.25) is 0 Å². The Kier molecular flexibility index (Phi) is 6.97. The molecule has 0 amide bonds. The molecule has 1 atom stereocenters. The maximum atomic E-state index is 6.17. The van der Waals surface area contributed by atoms with Gasteiger partial charge in [-0.05, 0) is 30.7 Å². The molecule has 0 aliphatic carbocycles. The van der Waals surface area contributed by atoms with Gasteiger partial charge in [0, 0.05) is 24.3 Å². The summed E-state index contributed by atoms with van der Waals surface area (Å²) in [6.07, 6.45) is 0.410. The third kappa shape index (κ3) is 4.41. The molecule has 1 aromatic carbocycles. The van der Waals surface area contributed by atoms with E-state index in [0.717, 1.165) is 18.5 Å². The van der Waals surface area contributed by atoms with E-state index in [1.807, 2.05) is 19.1 Å². The van der Waals surface area contributed by atoms with Gasteiger partial charge in [-0.3, -0.25) is 0 Å². The van der Waals surface area contributed by atoms with Crippen molar-refractivity contribution in [2.24, 2.45) is 0 Å². The molecular formula is C13H19Cl2NO2. The Bertz CT molecular complexity index is 370. The van der Waals surface area contributed by atoms with Gasteiger partial charge >= 0.3 is 0 Å². The Hall–Kier alpha value is -0.320. The molecule has 0 saturated carbocycles. The Labute approximate surface area is 118 Å². The predicted octanol–water partition coefficient (Wildman–Crippen LogP) is 3.13. The fourth-order valence-electron chi connectivity index (χ4n) is 1.88. The molecule has 18 heavy (non-hydrogen) atoms. The molecule has 5 heteroatoms. The lowest BCUT2D eigenvalue weighted by Crippen LogP contribution is -2.43. The average Bonchev–Trinajstić information content (AvgIpc) is 2.34. The first kappa shape index (κ1) is 15.7. The van der Waals surface area contributed by atoms with Crippen molar-refractivity contribution in [1.82, 2.24) is 5.32 Å². The number of ether oxygens (including phenoxy) is 2. The number of benzene rings is 1. The minimum absolute atomic E-state index is 0.0451. The van der Waals surface area contributed by atoms with E-state index in [1.54, 1.807) is 20.3 Å². The van der Waals surface area contributed by atoms with Crippen LogP contribution in [-0.4, -0.2) is 33.1 Å². The van der Waals surface area contributed by atoms with Crippen molar-refractivity contribution in [2.45, 2.75) is 25.7 Å². The van der Waals surface area contributed by atoms with Crippen LogP contribution in [0.5, 0.6) is 0 Å². The van der Waals surface area contributed by atoms with Crippen molar-refractivity contribution in [3.8, 4) is 0 Å². The molecule has 0 aliphatic heterocycles. The molecule has 102 valence electrons. The van der Waals surface area contributed by atoms with Crippen LogP contribution in [0.4, 0.5) is 0 Å². The molecule has 1 rings (SSSR count). The van der Waals surface area contributed by atoms with Gasteiger partial charge in [0.25, 0.3) is 0 Å². The first-order chi connectivity index (χ1) is 8.62. The van der Waals surface area contributed by atoms with Gasteiger partial charge in [0.15, 0.2) is 6.29 Å². The topological polar surface area (TPSA) is 30.5 Å². The van der Waals surface area contributed by atoms with Gasteiger partial charge in [-0.2, -0.15) is 0 Å². The van der Waals surface area contributed by atoms with Gasteiger partial charge < -0.3 is 14.8 Å². The number of methoxy groups -OCH3 is 2. The number of likely N-dealkylation sites (N-methyl/N-ethyl adjacent to an activating group) is 1. The molecule has 0 spiro atoms. The summed E-state index contributed by atoms with van der Waals surface area (Å²) in [5.74, 6) is 0. The second-order valence-corrected chi connectivity index (χ2v) is 4.79. The van der Waals surface area contributed by atoms with Crippen LogP contribution in [0, 0.1) is 0 Å². The summed E-state index contributed by atoms with van der Waals surface area (Å²) in [5, 5.41) is 4.63. The number of hydrogen-bond donors (Lipinski definition) is 1. The van der Waals surface area contributed by atoms with E-state index < -0.39 is 0 Å². The summed E-state index contributed by atoms with van der Waals surface area (Å²) in [4.78, 5) is 0. The molecular weight excluding hydrogens is 273 g/mol. The Balaban J connectivity index is 2.82. The quantitative estimate of drug-likeness (QED) is 0.783. The van der Waals surface area contributed by atoms with Crippen molar-refractivity contribution < 1.29 is 9.47 Å². The molecule has 0 saturated heterocycles. The van der Waals surface area contributed by atoms with E-state index in [-0.39, 0.29) is 12.3 Å². The minimum atomic E-state index is -0.309. The molecule has 1 aromatic rings. The highest BCUT2D eigenvalue weighted by Gasteiger charge is 2.21. The first-order valence-corrected chi connectivity index (χ1v) is 6.60. The highest BCUT2D eigenvalue weighted by atomic mass is 35.5. The molecule has 3 nitrogen and oxygen atoms in total. The zero-order valence-electron chi connectivity index (χ0n) is 10.9. The van der Waals surface area contributed by atoms with E-state index >= 15 is 0 Å². The normalized spacial score (nSPS) is 13.0. The summed E-state index contributed by atoms with van der Waals surface area (Å²) in [6, 6.07) is 5.55. The second kappa shape index (κ2) is 7.97. The van der Waals surface area contributed by atoms with Crippen LogP contribution < -0.4 is 5.32 Å². The molecule has 1 N–H and O–H groups in total. The molecule has 0 aromatic heterocycles. The fourth-order valence-corrected chi connectivity index (χ4v) is 2.36. The predicted molar refractivity (Wildman–Crippen MR) is 75.4 cm³/mol. The van der Waals surface area contributed by atoms with Gasteiger partial charge in [-0.1, -0.05) is 36.2 Å². The highest BCUT2D eigenvalue weighted by molar-refractivity contribution is 6.35. The molecule has 0 aliphatic rings. The third-order valence-electron chi connectivity index (χ3n) is 2.71. The van der Waals surface area contributed by atoms with Gasteiger partial charge in [0.05, 0.1) is 6.04 Å². The number of halogens is 2. The van der Waals surface area contributed by atoms with E-state index in [2.05, 4.69) is 5.32 Å². The summed E-state index contributed by atoms with van der Waals surface area (Å²) in [6.45, 7) is 2.87. The van der Waals surface area contributed by atoms with Crippen LogP contribution in [-0.2, 0) is 15.9 Å². The number of hydrogen-bond acceptors (Lipinski definition) is 3. The number of nitrogens with one attached hydrogen (secondary N) is 1. The van der Waals surface area contributed by atoms with Crippen molar-refractivity contribution in [2.75, 3.05) is 20.8 Å². The minimum Gasteiger partial charge on any atom is -0.354 e. The summed E-state index contributed by atoms with van der Waals surface area (Å²) < 4.78 is 10.6. The monoisotopic (exact) mass is 291 g/mol. The van der Waals surface area contributed by atoms with Crippen LogP contribution in [0.3, 0.4) is 0 Å². The van der Waals surface area contributed by atoms with Crippen molar-refractivity contribution in [3.05, 3.63) is 33.8 Å². The van der Waals surface area contributed by atoms with Crippen molar-refractivity contribution in [3.63, 3.8) is 0 Å². The van der Waals surface area contributed by atoms with Crippen molar-refractivity contribution in [1.29, 1.82) is 0 Å². The van der Waals surface area contributed by atoms with Crippen LogP contribution in [0.25, 0.3) is 0 Å². The molecule has 0 fully saturated rings. The molecule has 1 unspecified atom stereocenters. The molecule has 0 heterocycles. The SMILES string of the molecule is CCNC(Cc1ccc(Cl)cc1Cl)C(OC)OC. The lowest BCUT2D eigenvalue weighted by molar-refractivity contribution is -0.122. The summed E-state index contributed by atoms with van der Waals surface area (Å²) in [5.41, 5.74) is 1.02. The standard InChI is InChI=1S/C13H19Cl2NO2/c1-4-16-12(13(17-2)18-3)7-9-5-6-10(14)8-11(9)15/h5-6,8,12-13,16H,4,7H2,1-3H3. The van der Waals surface area contributed by atoms with Crippen molar-refractivity contribution >= 4 is 23.2 Å². The zero-order valence-corrected chi connectivity index (χ0v) is 12.4. The summed E-state index contributed by atoms with van der Waals surface area (Å²) in [7, 11) is 3.25. The Morgan fingerprint density at radius 2 is 1.89 bits per heavy atom. The maximum Gasteiger partial charge on any atom is 0.172 e. The van der Waals surface area contributed by atoms with Crippen LogP contribution in [0.1, 0.15) is 12.5 Å². The molecule has 0 radical (unpaired) electrons. The Morgan fingerprint density at radius 3 is 2.39 bits per heavy atom. The highest BCUT2D eigenvalue weighted by Crippen LogP contribution is 2.23. The van der Waals surface area contributed by atoms with Gasteiger partial charge in [-0.25, -0.2) is 0 Å². The van der Waals surface area contributed by atoms with Crippen LogP contribution >= 0.6 is 23.2 Å². The third-order valence-corrected chi connectivity index (χ3v) is 3.30. The molecule has 0 bridgehead atoms. The average molecular weight is 292 g/mol. The second-order valence-electron chi connectivity index (χ2n) is 3.94. The number of rotatable bonds is 7. The lowest BCUT2D eigenvalue weighted by atomic mass is 10.1. The van der Waals surface area contributed by atoms with E-state index in [4.69, 9.17) is 32.7 Å².